The van der Waals surface area contributed by atoms with Gasteiger partial charge in [0.1, 0.15) is 0 Å². The average molecular weight is 307 g/mol. The van der Waals surface area contributed by atoms with E-state index in [1.165, 1.54) is 0 Å². The number of carboxylic acid groups (broad SMARTS) is 1. The van der Waals surface area contributed by atoms with Gasteiger partial charge in [-0.1, -0.05) is 12.1 Å². The monoisotopic (exact) mass is 307 g/mol. The lowest BCUT2D eigenvalue weighted by molar-refractivity contribution is -0.142. The maximum absolute atomic E-state index is 11.9. The molecule has 0 atom stereocenters. The summed E-state index contributed by atoms with van der Waals surface area (Å²) in [6.45, 7) is -0.0841. The quantitative estimate of drug-likeness (QED) is 0.837. The van der Waals surface area contributed by atoms with Crippen LogP contribution in [-0.2, 0) is 9.59 Å². The molecule has 120 valence electrons. The number of methoxy groups -OCH3 is 1. The number of carbonyl (C=O) groups is 2. The van der Waals surface area contributed by atoms with Crippen LogP contribution >= 0.6 is 0 Å². The highest BCUT2D eigenvalue weighted by atomic mass is 16.5. The van der Waals surface area contributed by atoms with E-state index in [0.29, 0.717) is 37.2 Å². The SMILES string of the molecule is COc1ccccc1OCC(=O)NC1CCC(C(=O)O)CC1. The molecule has 6 nitrogen and oxygen atoms in total. The Kier molecular flexibility index (Phi) is 5.63. The molecular weight excluding hydrogens is 286 g/mol. The van der Waals surface area contributed by atoms with Crippen LogP contribution in [0.5, 0.6) is 11.5 Å². The minimum atomic E-state index is -0.746. The van der Waals surface area contributed by atoms with E-state index in [1.54, 1.807) is 19.2 Å². The Morgan fingerprint density at radius 1 is 1.18 bits per heavy atom. The van der Waals surface area contributed by atoms with Gasteiger partial charge in [-0.15, -0.1) is 0 Å². The highest BCUT2D eigenvalue weighted by Gasteiger charge is 2.26. The number of aliphatic carboxylic acids is 1. The van der Waals surface area contributed by atoms with Crippen LogP contribution in [0.25, 0.3) is 0 Å². The summed E-state index contributed by atoms with van der Waals surface area (Å²) in [6.07, 6.45) is 2.59. The van der Waals surface area contributed by atoms with Crippen LogP contribution in [0.1, 0.15) is 25.7 Å². The van der Waals surface area contributed by atoms with Crippen molar-refractivity contribution in [2.75, 3.05) is 13.7 Å². The third-order valence-electron chi connectivity index (χ3n) is 3.87. The number of benzene rings is 1. The molecule has 1 aliphatic rings. The van der Waals surface area contributed by atoms with Gasteiger partial charge in [0.2, 0.25) is 0 Å². The molecule has 1 aromatic rings. The lowest BCUT2D eigenvalue weighted by Crippen LogP contribution is -2.40. The van der Waals surface area contributed by atoms with Crippen molar-refractivity contribution >= 4 is 11.9 Å². The van der Waals surface area contributed by atoms with Gasteiger partial charge in [0.05, 0.1) is 13.0 Å². The normalized spacial score (nSPS) is 21.0. The molecule has 0 spiro atoms. The maximum atomic E-state index is 11.9. The van der Waals surface area contributed by atoms with Gasteiger partial charge < -0.3 is 19.9 Å². The number of amides is 1. The molecule has 2 N–H and O–H groups in total. The fraction of sp³-hybridized carbons (Fsp3) is 0.500. The third kappa shape index (κ3) is 4.38. The first kappa shape index (κ1) is 16.1. The smallest absolute Gasteiger partial charge is 0.306 e. The second-order valence-corrected chi connectivity index (χ2v) is 5.39. The molecular formula is C16H21NO5. The fourth-order valence-corrected chi connectivity index (χ4v) is 2.64. The van der Waals surface area contributed by atoms with Crippen molar-refractivity contribution in [2.24, 2.45) is 5.92 Å². The highest BCUT2D eigenvalue weighted by Crippen LogP contribution is 2.26. The predicted octanol–water partition coefficient (Wildman–Crippen LogP) is 1.83. The van der Waals surface area contributed by atoms with Gasteiger partial charge in [-0.3, -0.25) is 9.59 Å². The Hall–Kier alpha value is -2.24. The Labute approximate surface area is 129 Å². The molecule has 0 aromatic heterocycles. The van der Waals surface area contributed by atoms with E-state index >= 15 is 0 Å². The third-order valence-corrected chi connectivity index (χ3v) is 3.87. The molecule has 0 heterocycles. The zero-order valence-electron chi connectivity index (χ0n) is 12.6. The molecule has 0 bridgehead atoms. The van der Waals surface area contributed by atoms with Crippen molar-refractivity contribution in [3.63, 3.8) is 0 Å². The van der Waals surface area contributed by atoms with Crippen LogP contribution < -0.4 is 14.8 Å². The zero-order chi connectivity index (χ0) is 15.9. The van der Waals surface area contributed by atoms with E-state index in [4.69, 9.17) is 14.6 Å². The van der Waals surface area contributed by atoms with Gasteiger partial charge in [-0.2, -0.15) is 0 Å². The summed E-state index contributed by atoms with van der Waals surface area (Å²) in [6, 6.07) is 7.17. The van der Waals surface area contributed by atoms with Crippen LogP contribution in [-0.4, -0.2) is 36.7 Å². The Bertz CT molecular complexity index is 523. The summed E-state index contributed by atoms with van der Waals surface area (Å²) in [7, 11) is 1.54. The van der Waals surface area contributed by atoms with E-state index in [0.717, 1.165) is 0 Å². The van der Waals surface area contributed by atoms with Gasteiger partial charge >= 0.3 is 5.97 Å². The summed E-state index contributed by atoms with van der Waals surface area (Å²) < 4.78 is 10.6. The molecule has 0 aliphatic heterocycles. The van der Waals surface area contributed by atoms with Gasteiger partial charge in [0.25, 0.3) is 5.91 Å². The van der Waals surface area contributed by atoms with Crippen molar-refractivity contribution in [2.45, 2.75) is 31.7 Å². The first-order chi connectivity index (χ1) is 10.6. The van der Waals surface area contributed by atoms with Crippen LogP contribution in [0.4, 0.5) is 0 Å². The van der Waals surface area contributed by atoms with Gasteiger partial charge in [0, 0.05) is 6.04 Å². The summed E-state index contributed by atoms with van der Waals surface area (Å²) >= 11 is 0. The number of para-hydroxylation sites is 2. The van der Waals surface area contributed by atoms with Crippen molar-refractivity contribution in [3.05, 3.63) is 24.3 Å². The van der Waals surface area contributed by atoms with E-state index in [-0.39, 0.29) is 24.5 Å². The van der Waals surface area contributed by atoms with E-state index in [9.17, 15) is 9.59 Å². The molecule has 0 radical (unpaired) electrons. The van der Waals surface area contributed by atoms with Crippen molar-refractivity contribution in [1.29, 1.82) is 0 Å². The van der Waals surface area contributed by atoms with Gasteiger partial charge in [-0.25, -0.2) is 0 Å². The number of hydrogen-bond donors (Lipinski definition) is 2. The molecule has 1 fully saturated rings. The summed E-state index contributed by atoms with van der Waals surface area (Å²) in [5, 5.41) is 11.8. The fourth-order valence-electron chi connectivity index (χ4n) is 2.64. The molecule has 6 heteroatoms. The maximum Gasteiger partial charge on any atom is 0.306 e. The predicted molar refractivity (Wildman–Crippen MR) is 80.0 cm³/mol. The molecule has 1 amide bonds. The van der Waals surface area contributed by atoms with Crippen molar-refractivity contribution in [3.8, 4) is 11.5 Å². The van der Waals surface area contributed by atoms with E-state index in [1.807, 2.05) is 12.1 Å². The van der Waals surface area contributed by atoms with Crippen molar-refractivity contribution < 1.29 is 24.2 Å². The Balaban J connectivity index is 1.76. The van der Waals surface area contributed by atoms with E-state index in [2.05, 4.69) is 5.32 Å². The minimum absolute atomic E-state index is 0.0318. The van der Waals surface area contributed by atoms with Crippen LogP contribution in [0.3, 0.4) is 0 Å². The van der Waals surface area contributed by atoms with Crippen LogP contribution in [0.2, 0.25) is 0 Å². The minimum Gasteiger partial charge on any atom is -0.493 e. The Morgan fingerprint density at radius 3 is 2.41 bits per heavy atom. The average Bonchev–Trinajstić information content (AvgIpc) is 2.53. The summed E-state index contributed by atoms with van der Waals surface area (Å²) in [5.41, 5.74) is 0. The number of hydrogen-bond acceptors (Lipinski definition) is 4. The standard InChI is InChI=1S/C16H21NO5/c1-21-13-4-2-3-5-14(13)22-10-15(18)17-12-8-6-11(7-9-12)16(19)20/h2-5,11-12H,6-10H2,1H3,(H,17,18)(H,19,20). The molecule has 0 unspecified atom stereocenters. The van der Waals surface area contributed by atoms with Crippen molar-refractivity contribution in [1.82, 2.24) is 5.32 Å². The second-order valence-electron chi connectivity index (χ2n) is 5.39. The molecule has 2 rings (SSSR count). The molecule has 1 aliphatic carbocycles. The topological polar surface area (TPSA) is 84.9 Å². The lowest BCUT2D eigenvalue weighted by Gasteiger charge is -2.26. The van der Waals surface area contributed by atoms with Crippen LogP contribution in [0.15, 0.2) is 24.3 Å². The molecule has 1 aromatic carbocycles. The Morgan fingerprint density at radius 2 is 1.82 bits per heavy atom. The number of carboxylic acids is 1. The first-order valence-electron chi connectivity index (χ1n) is 7.38. The number of rotatable bonds is 6. The highest BCUT2D eigenvalue weighted by molar-refractivity contribution is 5.78. The van der Waals surface area contributed by atoms with Crippen LogP contribution in [0, 0.1) is 5.92 Å². The summed E-state index contributed by atoms with van der Waals surface area (Å²) in [5.74, 6) is -0.126. The van der Waals surface area contributed by atoms with E-state index < -0.39 is 5.97 Å². The second kappa shape index (κ2) is 7.68. The lowest BCUT2D eigenvalue weighted by atomic mass is 9.86. The van der Waals surface area contributed by atoms with Gasteiger partial charge in [-0.05, 0) is 37.8 Å². The zero-order valence-corrected chi connectivity index (χ0v) is 12.6. The van der Waals surface area contributed by atoms with Gasteiger partial charge in [0.15, 0.2) is 18.1 Å². The number of nitrogens with one attached hydrogen (secondary N) is 1. The largest absolute Gasteiger partial charge is 0.493 e. The first-order valence-corrected chi connectivity index (χ1v) is 7.38. The number of carbonyl (C=O) groups excluding carboxylic acids is 1. The molecule has 22 heavy (non-hydrogen) atoms. The summed E-state index contributed by atoms with van der Waals surface area (Å²) in [4.78, 5) is 22.8. The number of ether oxygens (including phenoxy) is 2. The molecule has 1 saturated carbocycles. The molecule has 0 saturated heterocycles.